The zero-order valence-electron chi connectivity index (χ0n) is 17.3. The first-order valence-corrected chi connectivity index (χ1v) is 11.2. The van der Waals surface area contributed by atoms with Crippen LogP contribution in [0, 0.1) is 0 Å². The molecule has 0 aliphatic carbocycles. The van der Waals surface area contributed by atoms with Crippen molar-refractivity contribution >= 4 is 47.6 Å². The number of benzene rings is 3. The Bertz CT molecular complexity index is 1180. The fourth-order valence-corrected chi connectivity index (χ4v) is 4.95. The molecule has 3 aromatic rings. The Hall–Kier alpha value is -2.92. The van der Waals surface area contributed by atoms with Crippen LogP contribution in [-0.2, 0) is 4.57 Å². The average Bonchev–Trinajstić information content (AvgIpc) is 2.81. The van der Waals surface area contributed by atoms with Gasteiger partial charge in [-0.2, -0.15) is 0 Å². The molecule has 0 N–H and O–H groups in total. The number of hydrogen-bond acceptors (Lipinski definition) is 6. The van der Waals surface area contributed by atoms with E-state index in [1.54, 1.807) is 18.2 Å². The molecular weight excluding hydrogens is 474 g/mol. The Morgan fingerprint density at radius 3 is 1.88 bits per heavy atom. The van der Waals surface area contributed by atoms with Crippen molar-refractivity contribution in [2.75, 3.05) is 21.3 Å². The van der Waals surface area contributed by atoms with Gasteiger partial charge in [0, 0.05) is 17.7 Å². The topological polar surface area (TPSA) is 78.9 Å². The summed E-state index contributed by atoms with van der Waals surface area (Å²) in [7, 11) is 1.47. The Kier molecular flexibility index (Phi) is 7.52. The van der Waals surface area contributed by atoms with Crippen LogP contribution in [0.15, 0.2) is 54.6 Å². The second-order valence-corrected chi connectivity index (χ2v) is 8.74. The van der Waals surface area contributed by atoms with Crippen LogP contribution in [0.25, 0.3) is 0 Å². The molecular formula is C23H18Cl2O6P. The highest BCUT2D eigenvalue weighted by Gasteiger charge is 2.30. The van der Waals surface area contributed by atoms with Crippen LogP contribution in [0.1, 0.15) is 26.3 Å². The average molecular weight is 492 g/mol. The van der Waals surface area contributed by atoms with Crippen molar-refractivity contribution in [1.82, 2.24) is 0 Å². The van der Waals surface area contributed by atoms with Crippen molar-refractivity contribution in [2.45, 2.75) is 0 Å². The monoisotopic (exact) mass is 491 g/mol. The lowest BCUT2D eigenvalue weighted by atomic mass is 10.0. The second-order valence-electron chi connectivity index (χ2n) is 6.45. The van der Waals surface area contributed by atoms with Crippen molar-refractivity contribution in [3.05, 3.63) is 81.3 Å². The van der Waals surface area contributed by atoms with Crippen LogP contribution in [-0.4, -0.2) is 32.6 Å². The molecule has 0 bridgehead atoms. The van der Waals surface area contributed by atoms with Gasteiger partial charge in [-0.1, -0.05) is 41.4 Å². The lowest BCUT2D eigenvalue weighted by Crippen LogP contribution is -2.17. The summed E-state index contributed by atoms with van der Waals surface area (Å²) in [6, 6.07) is 13.8. The van der Waals surface area contributed by atoms with Gasteiger partial charge in [0.25, 0.3) is 5.52 Å². The Balaban J connectivity index is 2.11. The Labute approximate surface area is 195 Å². The van der Waals surface area contributed by atoms with Crippen molar-refractivity contribution in [2.24, 2.45) is 0 Å². The van der Waals surface area contributed by atoms with Crippen molar-refractivity contribution < 1.29 is 28.4 Å². The number of ketones is 1. The molecule has 0 fully saturated rings. The molecule has 0 aliphatic heterocycles. The van der Waals surface area contributed by atoms with E-state index in [2.05, 4.69) is 0 Å². The number of methoxy groups -OCH3 is 3. The number of rotatable bonds is 8. The van der Waals surface area contributed by atoms with Gasteiger partial charge in [0.05, 0.1) is 42.2 Å². The SMILES string of the molecule is COc1cc(OC)c(C(=O)[P](=O)c2ccccc2C(=O)c2c(Cl)cccc2Cl)c(OC)c1. The first kappa shape index (κ1) is 23.7. The van der Waals surface area contributed by atoms with Crippen molar-refractivity contribution in [1.29, 1.82) is 0 Å². The summed E-state index contributed by atoms with van der Waals surface area (Å²) < 4.78 is 29.2. The molecule has 32 heavy (non-hydrogen) atoms. The zero-order chi connectivity index (χ0) is 23.4. The van der Waals surface area contributed by atoms with Gasteiger partial charge in [-0.3, -0.25) is 14.2 Å². The molecule has 3 aromatic carbocycles. The third-order valence-corrected chi connectivity index (χ3v) is 6.72. The van der Waals surface area contributed by atoms with Crippen LogP contribution in [0.4, 0.5) is 0 Å². The minimum absolute atomic E-state index is 0.0186. The predicted octanol–water partition coefficient (Wildman–Crippen LogP) is 5.54. The molecule has 1 unspecified atom stereocenters. The van der Waals surface area contributed by atoms with Crippen LogP contribution < -0.4 is 19.5 Å². The molecule has 0 saturated carbocycles. The summed E-state index contributed by atoms with van der Waals surface area (Å²) in [5.41, 5.74) is -0.654. The highest BCUT2D eigenvalue weighted by atomic mass is 35.5. The van der Waals surface area contributed by atoms with E-state index in [9.17, 15) is 14.2 Å². The van der Waals surface area contributed by atoms with Crippen LogP contribution in [0.5, 0.6) is 17.2 Å². The maximum absolute atomic E-state index is 13.4. The van der Waals surface area contributed by atoms with Crippen molar-refractivity contribution in [3.63, 3.8) is 0 Å². The fourth-order valence-electron chi connectivity index (χ4n) is 3.12. The quantitative estimate of drug-likeness (QED) is 0.304. The van der Waals surface area contributed by atoms with E-state index in [1.807, 2.05) is 0 Å². The second kappa shape index (κ2) is 10.1. The molecule has 0 heterocycles. The molecule has 0 aliphatic rings. The Morgan fingerprint density at radius 2 is 1.34 bits per heavy atom. The highest BCUT2D eigenvalue weighted by molar-refractivity contribution is 7.71. The van der Waals surface area contributed by atoms with Gasteiger partial charge >= 0.3 is 0 Å². The maximum atomic E-state index is 13.4. The van der Waals surface area contributed by atoms with E-state index >= 15 is 0 Å². The number of carbonyl (C=O) groups excluding carboxylic acids is 2. The lowest BCUT2D eigenvalue weighted by Gasteiger charge is -2.15. The molecule has 0 spiro atoms. The van der Waals surface area contributed by atoms with Gasteiger partial charge in [-0.05, 0) is 24.3 Å². The van der Waals surface area contributed by atoms with Gasteiger partial charge < -0.3 is 14.2 Å². The van der Waals surface area contributed by atoms with Crippen molar-refractivity contribution in [3.8, 4) is 17.2 Å². The molecule has 0 aromatic heterocycles. The first-order chi connectivity index (χ1) is 15.3. The number of carbonyl (C=O) groups is 2. The maximum Gasteiger partial charge on any atom is 0.254 e. The van der Waals surface area contributed by atoms with Gasteiger partial charge in [-0.25, -0.2) is 0 Å². The highest BCUT2D eigenvalue weighted by Crippen LogP contribution is 2.40. The summed E-state index contributed by atoms with van der Waals surface area (Å²) in [6.07, 6.45) is 0. The molecule has 1 atom stereocenters. The molecule has 6 nitrogen and oxygen atoms in total. The smallest absolute Gasteiger partial charge is 0.254 e. The largest absolute Gasteiger partial charge is 0.496 e. The van der Waals surface area contributed by atoms with Gasteiger partial charge in [0.15, 0.2) is 13.6 Å². The molecule has 9 heteroatoms. The van der Waals surface area contributed by atoms with Crippen LogP contribution >= 0.6 is 31.0 Å². The van der Waals surface area contributed by atoms with Crippen LogP contribution in [0.3, 0.4) is 0 Å². The first-order valence-electron chi connectivity index (χ1n) is 9.23. The van der Waals surface area contributed by atoms with E-state index in [0.717, 1.165) is 0 Å². The van der Waals surface area contributed by atoms with E-state index < -0.39 is 19.1 Å². The van der Waals surface area contributed by atoms with E-state index in [-0.39, 0.29) is 43.5 Å². The van der Waals surface area contributed by atoms with E-state index in [4.69, 9.17) is 37.4 Å². The molecule has 1 radical (unpaired) electrons. The van der Waals surface area contributed by atoms with Gasteiger partial charge in [0.1, 0.15) is 22.8 Å². The Morgan fingerprint density at radius 1 is 0.781 bits per heavy atom. The molecule has 3 rings (SSSR count). The molecule has 0 amide bonds. The summed E-state index contributed by atoms with van der Waals surface area (Å²) >= 11 is 12.4. The standard InChI is InChI=1S/C23H18Cl2O6P/c1-29-13-11-17(30-2)21(18(12-13)31-3)23(27)32(28)19-10-5-4-7-14(19)22(26)20-15(24)8-6-9-16(20)25/h4-12H,1-3H3. The summed E-state index contributed by atoms with van der Waals surface area (Å²) in [6.45, 7) is 0. The van der Waals surface area contributed by atoms with Crippen LogP contribution in [0.2, 0.25) is 10.0 Å². The van der Waals surface area contributed by atoms with Gasteiger partial charge in [0.2, 0.25) is 0 Å². The number of ether oxygens (including phenoxy) is 3. The summed E-state index contributed by atoms with van der Waals surface area (Å²) in [5.74, 6) is 0.121. The molecule has 165 valence electrons. The van der Waals surface area contributed by atoms with E-state index in [1.165, 1.54) is 57.7 Å². The normalized spacial score (nSPS) is 11.0. The summed E-state index contributed by atoms with van der Waals surface area (Å²) in [4.78, 5) is 26.5. The lowest BCUT2D eigenvalue weighted by molar-refractivity contribution is 0.103. The van der Waals surface area contributed by atoms with Gasteiger partial charge in [-0.15, -0.1) is 0 Å². The fraction of sp³-hybridized carbons (Fsp3) is 0.130. The predicted molar refractivity (Wildman–Crippen MR) is 124 cm³/mol. The number of halogens is 2. The third-order valence-electron chi connectivity index (χ3n) is 4.67. The minimum atomic E-state index is -2.73. The summed E-state index contributed by atoms with van der Waals surface area (Å²) in [5, 5.41) is 0.350. The molecule has 0 saturated heterocycles. The minimum Gasteiger partial charge on any atom is -0.496 e. The zero-order valence-corrected chi connectivity index (χ0v) is 19.8. The third kappa shape index (κ3) is 4.49. The van der Waals surface area contributed by atoms with E-state index in [0.29, 0.717) is 5.75 Å². The number of hydrogen-bond donors (Lipinski definition) is 0.